The van der Waals surface area contributed by atoms with Crippen molar-refractivity contribution in [3.05, 3.63) is 12.2 Å². The van der Waals surface area contributed by atoms with Crippen LogP contribution in [0.25, 0.3) is 0 Å². The van der Waals surface area contributed by atoms with Crippen LogP contribution in [0.5, 0.6) is 0 Å². The molecule has 0 aromatic carbocycles. The van der Waals surface area contributed by atoms with E-state index in [2.05, 4.69) is 25.8 Å². The second-order valence-electron chi connectivity index (χ2n) is 5.28. The van der Waals surface area contributed by atoms with Gasteiger partial charge in [0.1, 0.15) is 25.2 Å². The SMILES string of the molecule is CCNC(=NCC(=O)N(C)CC(F)(F)F)NCCn1cnnc1CC.I. The Hall–Kier alpha value is -1.60. The van der Waals surface area contributed by atoms with E-state index in [1.165, 1.54) is 0 Å². The highest BCUT2D eigenvalue weighted by Crippen LogP contribution is 2.15. The monoisotopic (exact) mass is 491 g/mol. The number of alkyl halides is 3. The Labute approximate surface area is 167 Å². The van der Waals surface area contributed by atoms with Crippen LogP contribution in [0.15, 0.2) is 11.3 Å². The average Bonchev–Trinajstić information content (AvgIpc) is 2.98. The zero-order chi connectivity index (χ0) is 18.9. The number of hydrogen-bond donors (Lipinski definition) is 2. The lowest BCUT2D eigenvalue weighted by Crippen LogP contribution is -2.41. The number of halogens is 4. The Kier molecular flexibility index (Phi) is 11.2. The highest BCUT2D eigenvalue weighted by Gasteiger charge is 2.30. The minimum atomic E-state index is -4.42. The highest BCUT2D eigenvalue weighted by molar-refractivity contribution is 14.0. The van der Waals surface area contributed by atoms with Crippen LogP contribution in [0.3, 0.4) is 0 Å². The number of carbonyl (C=O) groups is 1. The fraction of sp³-hybridized carbons (Fsp3) is 0.714. The fourth-order valence-electron chi connectivity index (χ4n) is 2.00. The van der Waals surface area contributed by atoms with Crippen molar-refractivity contribution in [3.63, 3.8) is 0 Å². The number of nitrogens with one attached hydrogen (secondary N) is 2. The molecular weight excluding hydrogens is 466 g/mol. The molecular formula is C14H25F3IN7O. The van der Waals surface area contributed by atoms with Crippen molar-refractivity contribution in [2.45, 2.75) is 33.0 Å². The second kappa shape index (κ2) is 11.9. The van der Waals surface area contributed by atoms with Crippen molar-refractivity contribution >= 4 is 35.8 Å². The molecule has 1 aromatic heterocycles. The highest BCUT2D eigenvalue weighted by atomic mass is 127. The number of carbonyl (C=O) groups excluding carboxylic acids is 1. The van der Waals surface area contributed by atoms with Crippen LogP contribution >= 0.6 is 24.0 Å². The molecule has 1 amide bonds. The summed E-state index contributed by atoms with van der Waals surface area (Å²) in [6.07, 6.45) is -2.04. The molecule has 0 aliphatic rings. The first-order chi connectivity index (χ1) is 11.8. The largest absolute Gasteiger partial charge is 0.406 e. The first kappa shape index (κ1) is 24.4. The lowest BCUT2D eigenvalue weighted by molar-refractivity contribution is -0.157. The first-order valence-electron chi connectivity index (χ1n) is 7.96. The van der Waals surface area contributed by atoms with Crippen molar-refractivity contribution in [2.75, 3.05) is 33.2 Å². The maximum atomic E-state index is 12.3. The van der Waals surface area contributed by atoms with Gasteiger partial charge >= 0.3 is 6.18 Å². The van der Waals surface area contributed by atoms with Gasteiger partial charge in [0.05, 0.1) is 0 Å². The number of aromatic nitrogens is 3. The van der Waals surface area contributed by atoms with Gasteiger partial charge in [0.2, 0.25) is 5.91 Å². The van der Waals surface area contributed by atoms with E-state index in [0.29, 0.717) is 30.5 Å². The van der Waals surface area contributed by atoms with E-state index in [-0.39, 0.29) is 30.5 Å². The zero-order valence-corrected chi connectivity index (χ0v) is 17.3. The summed E-state index contributed by atoms with van der Waals surface area (Å²) < 4.78 is 38.7. The molecule has 1 aromatic rings. The molecule has 0 aliphatic carbocycles. The van der Waals surface area contributed by atoms with Gasteiger partial charge in [-0.3, -0.25) is 4.79 Å². The van der Waals surface area contributed by atoms with E-state index in [4.69, 9.17) is 0 Å². The Balaban J connectivity index is 0.00000625. The van der Waals surface area contributed by atoms with Crippen LogP contribution in [0.4, 0.5) is 13.2 Å². The van der Waals surface area contributed by atoms with Gasteiger partial charge in [-0.1, -0.05) is 6.92 Å². The van der Waals surface area contributed by atoms with E-state index < -0.39 is 18.6 Å². The maximum Gasteiger partial charge on any atom is 0.406 e. The third-order valence-electron chi connectivity index (χ3n) is 3.22. The molecule has 2 N–H and O–H groups in total. The van der Waals surface area contributed by atoms with Crippen LogP contribution in [0, 0.1) is 0 Å². The summed E-state index contributed by atoms with van der Waals surface area (Å²) in [7, 11) is 1.10. The first-order valence-corrected chi connectivity index (χ1v) is 7.96. The molecule has 1 heterocycles. The number of rotatable bonds is 8. The summed E-state index contributed by atoms with van der Waals surface area (Å²) in [6.45, 7) is 3.83. The number of guanidine groups is 1. The fourth-order valence-corrected chi connectivity index (χ4v) is 2.00. The number of aryl methyl sites for hydroxylation is 1. The summed E-state index contributed by atoms with van der Waals surface area (Å²) in [5, 5.41) is 13.8. The summed E-state index contributed by atoms with van der Waals surface area (Å²) in [5.74, 6) is 0.511. The quantitative estimate of drug-likeness (QED) is 0.323. The molecule has 150 valence electrons. The van der Waals surface area contributed by atoms with Crippen LogP contribution in [0.1, 0.15) is 19.7 Å². The van der Waals surface area contributed by atoms with Gasteiger partial charge in [-0.25, -0.2) is 4.99 Å². The molecule has 0 saturated heterocycles. The topological polar surface area (TPSA) is 87.4 Å². The standard InChI is InChI=1S/C14H24F3N7O.HI/c1-4-11-22-21-10-24(11)7-6-19-13(18-5-2)20-8-12(25)23(3)9-14(15,16)17;/h10H,4-9H2,1-3H3,(H2,18,19,20);1H. The van der Waals surface area contributed by atoms with Gasteiger partial charge in [0.15, 0.2) is 5.96 Å². The molecule has 26 heavy (non-hydrogen) atoms. The van der Waals surface area contributed by atoms with Crippen molar-refractivity contribution in [3.8, 4) is 0 Å². The lowest BCUT2D eigenvalue weighted by atomic mass is 10.4. The van der Waals surface area contributed by atoms with E-state index in [1.54, 1.807) is 6.33 Å². The van der Waals surface area contributed by atoms with E-state index in [9.17, 15) is 18.0 Å². The van der Waals surface area contributed by atoms with Gasteiger partial charge in [-0.05, 0) is 6.92 Å². The van der Waals surface area contributed by atoms with E-state index >= 15 is 0 Å². The predicted octanol–water partition coefficient (Wildman–Crippen LogP) is 1.03. The smallest absolute Gasteiger partial charge is 0.357 e. The van der Waals surface area contributed by atoms with Crippen molar-refractivity contribution in [2.24, 2.45) is 4.99 Å². The summed E-state index contributed by atoms with van der Waals surface area (Å²) in [6, 6.07) is 0. The number of hydrogen-bond acceptors (Lipinski definition) is 4. The normalized spacial score (nSPS) is 11.7. The van der Waals surface area contributed by atoms with E-state index in [0.717, 1.165) is 19.3 Å². The number of likely N-dealkylation sites (N-methyl/N-ethyl adjacent to an activating group) is 1. The molecule has 1 rings (SSSR count). The van der Waals surface area contributed by atoms with Crippen molar-refractivity contribution in [1.29, 1.82) is 0 Å². The summed E-state index contributed by atoms with van der Waals surface area (Å²) in [4.78, 5) is 16.3. The van der Waals surface area contributed by atoms with Crippen LogP contribution in [-0.4, -0.2) is 70.9 Å². The van der Waals surface area contributed by atoms with Gasteiger partial charge in [0, 0.05) is 33.1 Å². The summed E-state index contributed by atoms with van der Waals surface area (Å²) in [5.41, 5.74) is 0. The maximum absolute atomic E-state index is 12.3. The third-order valence-corrected chi connectivity index (χ3v) is 3.22. The Morgan fingerprint density at radius 1 is 1.35 bits per heavy atom. The molecule has 0 spiro atoms. The molecule has 0 radical (unpaired) electrons. The van der Waals surface area contributed by atoms with Crippen molar-refractivity contribution < 1.29 is 18.0 Å². The van der Waals surface area contributed by atoms with Crippen LogP contribution < -0.4 is 10.6 Å². The number of aliphatic imine (C=N–C) groups is 1. The molecule has 0 fully saturated rings. The molecule has 0 saturated carbocycles. The molecule has 8 nitrogen and oxygen atoms in total. The number of amides is 1. The van der Waals surface area contributed by atoms with Crippen LogP contribution in [0.2, 0.25) is 0 Å². The van der Waals surface area contributed by atoms with Gasteiger partial charge < -0.3 is 20.1 Å². The number of nitrogens with zero attached hydrogens (tertiary/aromatic N) is 5. The third kappa shape index (κ3) is 9.20. The second-order valence-corrected chi connectivity index (χ2v) is 5.28. The van der Waals surface area contributed by atoms with Crippen LogP contribution in [-0.2, 0) is 17.8 Å². The molecule has 0 unspecified atom stereocenters. The average molecular weight is 491 g/mol. The molecule has 0 aliphatic heterocycles. The van der Waals surface area contributed by atoms with Gasteiger partial charge in [-0.2, -0.15) is 13.2 Å². The molecule has 0 bridgehead atoms. The molecule has 12 heteroatoms. The summed E-state index contributed by atoms with van der Waals surface area (Å²) >= 11 is 0. The molecule has 0 atom stereocenters. The minimum absolute atomic E-state index is 0. The van der Waals surface area contributed by atoms with Crippen molar-refractivity contribution in [1.82, 2.24) is 30.3 Å². The van der Waals surface area contributed by atoms with Gasteiger partial charge in [0.25, 0.3) is 0 Å². The van der Waals surface area contributed by atoms with E-state index in [1.807, 2.05) is 18.4 Å². The lowest BCUT2D eigenvalue weighted by Gasteiger charge is -2.18. The van der Waals surface area contributed by atoms with Gasteiger partial charge in [-0.15, -0.1) is 34.2 Å². The Bertz CT molecular complexity index is 577. The Morgan fingerprint density at radius 2 is 2.04 bits per heavy atom. The zero-order valence-electron chi connectivity index (χ0n) is 15.0. The minimum Gasteiger partial charge on any atom is -0.357 e. The predicted molar refractivity (Wildman–Crippen MR) is 102 cm³/mol. The Morgan fingerprint density at radius 3 is 2.62 bits per heavy atom.